The zero-order valence-corrected chi connectivity index (χ0v) is 8.70. The number of nitrogens with one attached hydrogen (secondary N) is 1. The molecule has 1 aliphatic heterocycles. The molecular weight excluding hydrogens is 203 g/mol. The summed E-state index contributed by atoms with van der Waals surface area (Å²) in [6.07, 6.45) is 1.03. The molecule has 1 aromatic carbocycles. The third-order valence-corrected chi connectivity index (χ3v) is 2.81. The highest BCUT2D eigenvalue weighted by molar-refractivity contribution is 5.63. The lowest BCUT2D eigenvalue weighted by molar-refractivity contribution is 0.628. The van der Waals surface area contributed by atoms with Crippen molar-refractivity contribution in [2.24, 2.45) is 0 Å². The number of pyridine rings is 1. The molecule has 0 bridgehead atoms. The molecule has 0 amide bonds. The number of hydrogen-bond donors (Lipinski definition) is 1. The Hall–Kier alpha value is -1.90. The van der Waals surface area contributed by atoms with Crippen LogP contribution in [0.25, 0.3) is 11.3 Å². The van der Waals surface area contributed by atoms with Crippen molar-refractivity contribution >= 4 is 5.82 Å². The van der Waals surface area contributed by atoms with Crippen LogP contribution in [0.1, 0.15) is 5.56 Å². The van der Waals surface area contributed by atoms with Crippen LogP contribution >= 0.6 is 0 Å². The maximum atomic E-state index is 12.8. The number of aromatic nitrogens is 1. The fraction of sp³-hybridized carbons (Fsp3) is 0.154. The van der Waals surface area contributed by atoms with Crippen LogP contribution in [0.2, 0.25) is 0 Å². The van der Waals surface area contributed by atoms with Crippen LogP contribution in [0.5, 0.6) is 0 Å². The molecule has 1 aliphatic rings. The summed E-state index contributed by atoms with van der Waals surface area (Å²) >= 11 is 0. The van der Waals surface area contributed by atoms with E-state index in [1.165, 1.54) is 17.7 Å². The van der Waals surface area contributed by atoms with Gasteiger partial charge in [0.25, 0.3) is 0 Å². The lowest BCUT2D eigenvalue weighted by Gasteiger charge is -2.04. The van der Waals surface area contributed by atoms with E-state index in [0.29, 0.717) is 0 Å². The highest BCUT2D eigenvalue weighted by atomic mass is 19.1. The average molecular weight is 214 g/mol. The molecule has 0 spiro atoms. The van der Waals surface area contributed by atoms with Crippen LogP contribution in [0.4, 0.5) is 10.2 Å². The van der Waals surface area contributed by atoms with Crippen LogP contribution in [-0.4, -0.2) is 11.5 Å². The second-order valence-electron chi connectivity index (χ2n) is 3.89. The molecular formula is C13H11FN2. The van der Waals surface area contributed by atoms with Gasteiger partial charge in [0.05, 0.1) is 5.69 Å². The Morgan fingerprint density at radius 2 is 1.88 bits per heavy atom. The summed E-state index contributed by atoms with van der Waals surface area (Å²) in [5.74, 6) is 0.741. The fourth-order valence-electron chi connectivity index (χ4n) is 1.94. The molecule has 0 saturated heterocycles. The van der Waals surface area contributed by atoms with Gasteiger partial charge in [-0.05, 0) is 42.3 Å². The second kappa shape index (κ2) is 3.59. The molecule has 2 nitrogen and oxygen atoms in total. The number of nitrogens with zero attached hydrogens (tertiary/aromatic N) is 1. The Kier molecular flexibility index (Phi) is 2.10. The Morgan fingerprint density at radius 1 is 1.06 bits per heavy atom. The first kappa shape index (κ1) is 9.33. The van der Waals surface area contributed by atoms with Gasteiger partial charge in [0, 0.05) is 12.1 Å². The summed E-state index contributed by atoms with van der Waals surface area (Å²) in [7, 11) is 0. The topological polar surface area (TPSA) is 24.9 Å². The van der Waals surface area contributed by atoms with Crippen molar-refractivity contribution in [3.8, 4) is 11.3 Å². The number of fused-ring (bicyclic) bond motifs is 1. The molecule has 0 radical (unpaired) electrons. The van der Waals surface area contributed by atoms with Crippen LogP contribution in [-0.2, 0) is 6.42 Å². The van der Waals surface area contributed by atoms with Crippen LogP contribution in [0.3, 0.4) is 0 Å². The number of anilines is 1. The molecule has 3 rings (SSSR count). The van der Waals surface area contributed by atoms with E-state index in [1.54, 1.807) is 12.1 Å². The van der Waals surface area contributed by atoms with E-state index in [9.17, 15) is 4.39 Å². The summed E-state index contributed by atoms with van der Waals surface area (Å²) in [4.78, 5) is 4.52. The first-order chi connectivity index (χ1) is 7.83. The van der Waals surface area contributed by atoms with Crippen molar-refractivity contribution in [1.29, 1.82) is 0 Å². The average Bonchev–Trinajstić information content (AvgIpc) is 2.77. The van der Waals surface area contributed by atoms with E-state index in [1.807, 2.05) is 6.07 Å². The van der Waals surface area contributed by atoms with Gasteiger partial charge in [0.2, 0.25) is 0 Å². The lowest BCUT2D eigenvalue weighted by Crippen LogP contribution is -1.94. The van der Waals surface area contributed by atoms with Gasteiger partial charge >= 0.3 is 0 Å². The third-order valence-electron chi connectivity index (χ3n) is 2.81. The zero-order valence-electron chi connectivity index (χ0n) is 8.70. The van der Waals surface area contributed by atoms with E-state index < -0.39 is 0 Å². The van der Waals surface area contributed by atoms with Crippen molar-refractivity contribution in [3.05, 3.63) is 47.8 Å². The van der Waals surface area contributed by atoms with E-state index in [0.717, 1.165) is 30.0 Å². The molecule has 0 atom stereocenters. The van der Waals surface area contributed by atoms with Gasteiger partial charge in [-0.2, -0.15) is 0 Å². The van der Waals surface area contributed by atoms with Gasteiger partial charge in [0.1, 0.15) is 11.6 Å². The molecule has 80 valence electrons. The van der Waals surface area contributed by atoms with Crippen molar-refractivity contribution in [1.82, 2.24) is 4.98 Å². The summed E-state index contributed by atoms with van der Waals surface area (Å²) in [5, 5.41) is 3.24. The fourth-order valence-corrected chi connectivity index (χ4v) is 1.94. The molecule has 1 aromatic heterocycles. The standard InChI is InChI=1S/C13H11FN2/c14-11-4-1-9(2-5-11)12-6-3-10-7-8-15-13(10)16-12/h1-6H,7-8H2,(H,15,16). The van der Waals surface area contributed by atoms with Crippen molar-refractivity contribution < 1.29 is 4.39 Å². The third kappa shape index (κ3) is 1.54. The van der Waals surface area contributed by atoms with Crippen LogP contribution in [0, 0.1) is 5.82 Å². The SMILES string of the molecule is Fc1ccc(-c2ccc3c(n2)NCC3)cc1. The van der Waals surface area contributed by atoms with Gasteiger partial charge < -0.3 is 5.32 Å². The molecule has 0 saturated carbocycles. The van der Waals surface area contributed by atoms with Gasteiger partial charge in [-0.3, -0.25) is 0 Å². The highest BCUT2D eigenvalue weighted by Crippen LogP contribution is 2.25. The van der Waals surface area contributed by atoms with Gasteiger partial charge in [-0.25, -0.2) is 9.37 Å². The van der Waals surface area contributed by atoms with Crippen molar-refractivity contribution in [3.63, 3.8) is 0 Å². The van der Waals surface area contributed by atoms with Crippen molar-refractivity contribution in [2.75, 3.05) is 11.9 Å². The Balaban J connectivity index is 2.03. The largest absolute Gasteiger partial charge is 0.369 e. The molecule has 16 heavy (non-hydrogen) atoms. The smallest absolute Gasteiger partial charge is 0.129 e. The molecule has 3 heteroatoms. The molecule has 0 unspecified atom stereocenters. The summed E-state index contributed by atoms with van der Waals surface area (Å²) in [6.45, 7) is 0.954. The Morgan fingerprint density at radius 3 is 2.69 bits per heavy atom. The monoisotopic (exact) mass is 214 g/mol. The number of hydrogen-bond acceptors (Lipinski definition) is 2. The Bertz CT molecular complexity index is 520. The Labute approximate surface area is 93.1 Å². The quantitative estimate of drug-likeness (QED) is 0.789. The van der Waals surface area contributed by atoms with Crippen LogP contribution in [0.15, 0.2) is 36.4 Å². The highest BCUT2D eigenvalue weighted by Gasteiger charge is 2.12. The first-order valence-corrected chi connectivity index (χ1v) is 5.33. The number of rotatable bonds is 1. The second-order valence-corrected chi connectivity index (χ2v) is 3.89. The van der Waals surface area contributed by atoms with Crippen molar-refractivity contribution in [2.45, 2.75) is 6.42 Å². The van der Waals surface area contributed by atoms with Gasteiger partial charge in [-0.1, -0.05) is 6.07 Å². The molecule has 1 N–H and O–H groups in total. The molecule has 2 aromatic rings. The minimum atomic E-state index is -0.219. The predicted molar refractivity (Wildman–Crippen MR) is 61.8 cm³/mol. The zero-order chi connectivity index (χ0) is 11.0. The lowest BCUT2D eigenvalue weighted by atomic mass is 10.1. The van der Waals surface area contributed by atoms with E-state index in [2.05, 4.69) is 16.4 Å². The van der Waals surface area contributed by atoms with Crippen LogP contribution < -0.4 is 5.32 Å². The molecule has 0 fully saturated rings. The van der Waals surface area contributed by atoms with Gasteiger partial charge in [-0.15, -0.1) is 0 Å². The number of halogens is 1. The van der Waals surface area contributed by atoms with E-state index in [-0.39, 0.29) is 5.82 Å². The normalized spacial score (nSPS) is 13.3. The summed E-state index contributed by atoms with van der Waals surface area (Å²) < 4.78 is 12.8. The van der Waals surface area contributed by atoms with E-state index in [4.69, 9.17) is 0 Å². The van der Waals surface area contributed by atoms with Gasteiger partial charge in [0.15, 0.2) is 0 Å². The first-order valence-electron chi connectivity index (χ1n) is 5.33. The predicted octanol–water partition coefficient (Wildman–Crippen LogP) is 2.86. The molecule has 0 aliphatic carbocycles. The maximum absolute atomic E-state index is 12.8. The minimum absolute atomic E-state index is 0.219. The summed E-state index contributed by atoms with van der Waals surface area (Å²) in [6, 6.07) is 10.5. The maximum Gasteiger partial charge on any atom is 0.129 e. The number of benzene rings is 1. The molecule has 2 heterocycles. The minimum Gasteiger partial charge on any atom is -0.369 e. The van der Waals surface area contributed by atoms with E-state index >= 15 is 0 Å². The summed E-state index contributed by atoms with van der Waals surface area (Å²) in [5.41, 5.74) is 3.08.